The lowest BCUT2D eigenvalue weighted by Crippen LogP contribution is -2.48. The van der Waals surface area contributed by atoms with Gasteiger partial charge in [-0.1, -0.05) is 22.4 Å². The molecule has 110 valence electrons. The number of phenols is 1. The molecule has 3 rings (SSSR count). The molecule has 0 bridgehead atoms. The van der Waals surface area contributed by atoms with Crippen LogP contribution < -0.4 is 5.32 Å². The van der Waals surface area contributed by atoms with Crippen molar-refractivity contribution in [3.63, 3.8) is 0 Å². The van der Waals surface area contributed by atoms with Crippen molar-refractivity contribution in [2.75, 3.05) is 26.2 Å². The van der Waals surface area contributed by atoms with Crippen molar-refractivity contribution >= 4 is 31.9 Å². The molecule has 0 spiro atoms. The lowest BCUT2D eigenvalue weighted by atomic mass is 9.76. The molecular formula is C15H20Br2N2O. The molecule has 1 aromatic rings. The molecule has 1 aromatic carbocycles. The van der Waals surface area contributed by atoms with Crippen molar-refractivity contribution in [2.45, 2.75) is 25.3 Å². The third-order valence-corrected chi connectivity index (χ3v) is 5.88. The Labute approximate surface area is 137 Å². The summed E-state index contributed by atoms with van der Waals surface area (Å²) in [5, 5.41) is 13.9. The van der Waals surface area contributed by atoms with Gasteiger partial charge in [-0.15, -0.1) is 0 Å². The molecular weight excluding hydrogens is 384 g/mol. The number of hydrogen-bond acceptors (Lipinski definition) is 3. The van der Waals surface area contributed by atoms with E-state index in [0.29, 0.717) is 17.7 Å². The normalized spacial score (nSPS) is 22.5. The number of aromatic hydroxyl groups is 1. The maximum atomic E-state index is 10.5. The fraction of sp³-hybridized carbons (Fsp3) is 0.600. The van der Waals surface area contributed by atoms with Crippen LogP contribution in [0.1, 0.15) is 30.9 Å². The van der Waals surface area contributed by atoms with Crippen LogP contribution in [-0.4, -0.2) is 36.2 Å². The lowest BCUT2D eigenvalue weighted by Gasteiger charge is -2.43. The molecule has 0 aromatic heterocycles. The number of benzene rings is 1. The van der Waals surface area contributed by atoms with E-state index in [1.807, 2.05) is 12.1 Å². The summed E-state index contributed by atoms with van der Waals surface area (Å²) in [4.78, 5) is 2.53. The molecule has 2 fully saturated rings. The molecule has 1 aliphatic heterocycles. The number of rotatable bonds is 3. The molecule has 1 atom stereocenters. The van der Waals surface area contributed by atoms with Crippen molar-refractivity contribution in [1.29, 1.82) is 0 Å². The van der Waals surface area contributed by atoms with Crippen LogP contribution >= 0.6 is 31.9 Å². The molecule has 1 saturated carbocycles. The molecule has 2 N–H and O–H groups in total. The van der Waals surface area contributed by atoms with Gasteiger partial charge < -0.3 is 10.4 Å². The van der Waals surface area contributed by atoms with Gasteiger partial charge in [0.25, 0.3) is 0 Å². The Morgan fingerprint density at radius 3 is 2.40 bits per heavy atom. The first-order valence-corrected chi connectivity index (χ1v) is 8.88. The van der Waals surface area contributed by atoms with Crippen molar-refractivity contribution in [3.05, 3.63) is 26.6 Å². The van der Waals surface area contributed by atoms with E-state index in [0.717, 1.165) is 40.7 Å². The van der Waals surface area contributed by atoms with E-state index in [9.17, 15) is 5.11 Å². The van der Waals surface area contributed by atoms with Crippen LogP contribution in [0.3, 0.4) is 0 Å². The van der Waals surface area contributed by atoms with E-state index in [-0.39, 0.29) is 0 Å². The first kappa shape index (κ1) is 14.8. The van der Waals surface area contributed by atoms with Crippen LogP contribution in [0.15, 0.2) is 21.1 Å². The predicted molar refractivity (Wildman–Crippen MR) is 88.0 cm³/mol. The predicted octanol–water partition coefficient (Wildman–Crippen LogP) is 3.66. The zero-order valence-corrected chi connectivity index (χ0v) is 14.6. The van der Waals surface area contributed by atoms with Gasteiger partial charge in [0.05, 0.1) is 4.47 Å². The molecule has 1 saturated heterocycles. The number of nitrogens with one attached hydrogen (secondary N) is 1. The Bertz CT molecular complexity index is 485. The molecule has 1 heterocycles. The fourth-order valence-corrected chi connectivity index (χ4v) is 4.17. The number of nitrogens with zero attached hydrogens (tertiary/aromatic N) is 1. The fourth-order valence-electron chi connectivity index (χ4n) is 3.27. The topological polar surface area (TPSA) is 35.5 Å². The molecule has 1 aliphatic carbocycles. The minimum Gasteiger partial charge on any atom is -0.506 e. The first-order valence-electron chi connectivity index (χ1n) is 7.30. The second kappa shape index (κ2) is 6.34. The Morgan fingerprint density at radius 2 is 1.80 bits per heavy atom. The van der Waals surface area contributed by atoms with Crippen LogP contribution in [0.5, 0.6) is 5.75 Å². The van der Waals surface area contributed by atoms with E-state index in [4.69, 9.17) is 0 Å². The van der Waals surface area contributed by atoms with Crippen molar-refractivity contribution < 1.29 is 5.11 Å². The number of phenolic OH excluding ortho intramolecular Hbond substituents is 1. The zero-order valence-electron chi connectivity index (χ0n) is 11.4. The number of halogens is 2. The molecule has 2 aliphatic rings. The Kier molecular flexibility index (Phi) is 4.70. The highest BCUT2D eigenvalue weighted by molar-refractivity contribution is 9.11. The van der Waals surface area contributed by atoms with Crippen LogP contribution in [-0.2, 0) is 0 Å². The number of hydrogen-bond donors (Lipinski definition) is 2. The summed E-state index contributed by atoms with van der Waals surface area (Å²) in [5.41, 5.74) is 1.06. The second-order valence-corrected chi connectivity index (χ2v) is 7.42. The summed E-state index contributed by atoms with van der Waals surface area (Å²) >= 11 is 7.11. The zero-order chi connectivity index (χ0) is 14.1. The van der Waals surface area contributed by atoms with Gasteiger partial charge in [-0.25, -0.2) is 0 Å². The largest absolute Gasteiger partial charge is 0.506 e. The SMILES string of the molecule is Oc1c(Br)ccc(Br)c1[C@@H](C1CCC1)N1CCNCC1. The van der Waals surface area contributed by atoms with E-state index >= 15 is 0 Å². The molecule has 0 amide bonds. The van der Waals surface area contributed by atoms with Crippen LogP contribution in [0.2, 0.25) is 0 Å². The van der Waals surface area contributed by atoms with Crippen LogP contribution in [0, 0.1) is 5.92 Å². The Morgan fingerprint density at radius 1 is 1.15 bits per heavy atom. The van der Waals surface area contributed by atoms with Crippen LogP contribution in [0.25, 0.3) is 0 Å². The summed E-state index contributed by atoms with van der Waals surface area (Å²) < 4.78 is 1.81. The van der Waals surface area contributed by atoms with Gasteiger partial charge in [0.1, 0.15) is 5.75 Å². The monoisotopic (exact) mass is 402 g/mol. The standard InChI is InChI=1S/C15H20Br2N2O/c16-11-4-5-12(17)15(20)13(11)14(10-2-1-3-10)19-8-6-18-7-9-19/h4-5,10,14,18,20H,1-3,6-9H2/t14-/m1/s1. The number of piperazine rings is 1. The Hall–Kier alpha value is -0.100. The van der Waals surface area contributed by atoms with E-state index in [2.05, 4.69) is 42.1 Å². The van der Waals surface area contributed by atoms with Gasteiger partial charge in [-0.05, 0) is 46.8 Å². The average molecular weight is 404 g/mol. The maximum absolute atomic E-state index is 10.5. The van der Waals surface area contributed by atoms with Gasteiger partial charge in [-0.2, -0.15) is 0 Å². The van der Waals surface area contributed by atoms with Gasteiger partial charge in [0.2, 0.25) is 0 Å². The van der Waals surface area contributed by atoms with E-state index in [1.165, 1.54) is 19.3 Å². The van der Waals surface area contributed by atoms with Crippen LogP contribution in [0.4, 0.5) is 0 Å². The molecule has 3 nitrogen and oxygen atoms in total. The second-order valence-electron chi connectivity index (χ2n) is 5.71. The molecule has 0 unspecified atom stereocenters. The highest BCUT2D eigenvalue weighted by Crippen LogP contribution is 2.48. The van der Waals surface area contributed by atoms with Gasteiger partial charge in [-0.3, -0.25) is 4.90 Å². The average Bonchev–Trinajstić information content (AvgIpc) is 2.41. The van der Waals surface area contributed by atoms with Gasteiger partial charge in [0, 0.05) is 42.3 Å². The van der Waals surface area contributed by atoms with Crippen molar-refractivity contribution in [3.8, 4) is 5.75 Å². The van der Waals surface area contributed by atoms with Crippen molar-refractivity contribution in [2.24, 2.45) is 5.92 Å². The maximum Gasteiger partial charge on any atom is 0.135 e. The van der Waals surface area contributed by atoms with Gasteiger partial charge in [0.15, 0.2) is 0 Å². The summed E-state index contributed by atoms with van der Waals surface area (Å²) in [6, 6.07) is 4.27. The quantitative estimate of drug-likeness (QED) is 0.808. The molecule has 0 radical (unpaired) electrons. The third kappa shape index (κ3) is 2.78. The lowest BCUT2D eigenvalue weighted by molar-refractivity contribution is 0.0814. The minimum atomic E-state index is 0.331. The minimum absolute atomic E-state index is 0.331. The highest BCUT2D eigenvalue weighted by atomic mass is 79.9. The summed E-state index contributed by atoms with van der Waals surface area (Å²) in [7, 11) is 0. The van der Waals surface area contributed by atoms with E-state index < -0.39 is 0 Å². The first-order chi connectivity index (χ1) is 9.68. The summed E-state index contributed by atoms with van der Waals surface area (Å²) in [5.74, 6) is 1.07. The van der Waals surface area contributed by atoms with Crippen molar-refractivity contribution in [1.82, 2.24) is 10.2 Å². The highest BCUT2D eigenvalue weighted by Gasteiger charge is 2.36. The smallest absolute Gasteiger partial charge is 0.135 e. The molecule has 5 heteroatoms. The van der Waals surface area contributed by atoms with E-state index in [1.54, 1.807) is 0 Å². The third-order valence-electron chi connectivity index (χ3n) is 4.55. The summed E-state index contributed by atoms with van der Waals surface area (Å²) in [6.45, 7) is 4.18. The molecule has 20 heavy (non-hydrogen) atoms. The summed E-state index contributed by atoms with van der Waals surface area (Å²) in [6.07, 6.45) is 3.86. The van der Waals surface area contributed by atoms with Gasteiger partial charge >= 0.3 is 0 Å². The Balaban J connectivity index is 1.98.